The molecule has 0 unspecified atom stereocenters. The second-order valence-corrected chi connectivity index (χ2v) is 10.8. The predicted molar refractivity (Wildman–Crippen MR) is 142 cm³/mol. The van der Waals surface area contributed by atoms with Crippen LogP contribution < -0.4 is 14.8 Å². The van der Waals surface area contributed by atoms with Gasteiger partial charge in [0.15, 0.2) is 0 Å². The number of hydrogen-bond acceptors (Lipinski definition) is 6. The highest BCUT2D eigenvalue weighted by Crippen LogP contribution is 2.38. The summed E-state index contributed by atoms with van der Waals surface area (Å²) in [7, 11) is -0.740. The van der Waals surface area contributed by atoms with Crippen molar-refractivity contribution in [2.24, 2.45) is 0 Å². The van der Waals surface area contributed by atoms with E-state index in [1.165, 1.54) is 12.1 Å². The van der Waals surface area contributed by atoms with Crippen LogP contribution in [0.15, 0.2) is 77.7 Å². The highest BCUT2D eigenvalue weighted by Gasteiger charge is 2.40. The van der Waals surface area contributed by atoms with Crippen molar-refractivity contribution in [2.45, 2.75) is 36.2 Å². The van der Waals surface area contributed by atoms with Crippen LogP contribution in [-0.4, -0.2) is 62.6 Å². The minimum Gasteiger partial charge on any atom is -0.496 e. The summed E-state index contributed by atoms with van der Waals surface area (Å²) in [5, 5.41) is 12.4. The zero-order valence-corrected chi connectivity index (χ0v) is 22.0. The molecule has 0 aliphatic carbocycles. The van der Waals surface area contributed by atoms with Gasteiger partial charge in [-0.25, -0.2) is 13.2 Å². The zero-order valence-electron chi connectivity index (χ0n) is 21.2. The van der Waals surface area contributed by atoms with E-state index in [-0.39, 0.29) is 17.9 Å². The highest BCUT2D eigenvalue weighted by molar-refractivity contribution is 7.89. The minimum absolute atomic E-state index is 0.0303. The average molecular weight is 539 g/mol. The molecule has 10 heteroatoms. The topological polar surface area (TPSA) is 122 Å². The standard InChI is InChI=1S/C28H30N2O7S/c1-36-24-11-6-12-25(37-2)26(24)20-15-13-19(14-16-20)18-22(28(32)33)29-27(31)23-10-7-17-30(23)38(34,35)21-8-4-3-5-9-21/h3-6,8-9,11-16,22-23H,7,10,17-18H2,1-2H3,(H,29,31)(H,32,33)/t22-,23+/m0/s1. The van der Waals surface area contributed by atoms with Gasteiger partial charge in [-0.3, -0.25) is 4.79 Å². The maximum atomic E-state index is 13.1. The van der Waals surface area contributed by atoms with Crippen LogP contribution in [0.4, 0.5) is 0 Å². The van der Waals surface area contributed by atoms with Crippen molar-refractivity contribution < 1.29 is 32.6 Å². The van der Waals surface area contributed by atoms with E-state index in [9.17, 15) is 23.1 Å². The van der Waals surface area contributed by atoms with Crippen LogP contribution in [0.5, 0.6) is 11.5 Å². The Kier molecular flexibility index (Phi) is 8.33. The third-order valence-corrected chi connectivity index (χ3v) is 8.50. The number of benzene rings is 3. The zero-order chi connectivity index (χ0) is 27.3. The van der Waals surface area contributed by atoms with Crippen LogP contribution in [0, 0.1) is 0 Å². The minimum atomic E-state index is -3.89. The number of ether oxygens (including phenoxy) is 2. The molecule has 4 rings (SSSR count). The van der Waals surface area contributed by atoms with Crippen molar-refractivity contribution in [3.63, 3.8) is 0 Å². The fourth-order valence-electron chi connectivity index (χ4n) is 4.66. The molecule has 0 saturated carbocycles. The smallest absolute Gasteiger partial charge is 0.326 e. The van der Waals surface area contributed by atoms with Gasteiger partial charge < -0.3 is 19.9 Å². The van der Waals surface area contributed by atoms with E-state index in [0.717, 1.165) is 15.4 Å². The van der Waals surface area contributed by atoms with Crippen LogP contribution in [0.3, 0.4) is 0 Å². The van der Waals surface area contributed by atoms with E-state index in [0.29, 0.717) is 29.9 Å². The van der Waals surface area contributed by atoms with Crippen LogP contribution in [0.25, 0.3) is 11.1 Å². The molecule has 38 heavy (non-hydrogen) atoms. The third-order valence-electron chi connectivity index (χ3n) is 6.58. The van der Waals surface area contributed by atoms with E-state index < -0.39 is 34.0 Å². The molecule has 1 aliphatic heterocycles. The summed E-state index contributed by atoms with van der Waals surface area (Å²) in [5.74, 6) is -0.548. The summed E-state index contributed by atoms with van der Waals surface area (Å²) in [5.41, 5.74) is 2.29. The number of carbonyl (C=O) groups is 2. The molecule has 2 atom stereocenters. The molecule has 1 amide bonds. The summed E-state index contributed by atoms with van der Waals surface area (Å²) >= 11 is 0. The van der Waals surface area contributed by atoms with E-state index >= 15 is 0 Å². The van der Waals surface area contributed by atoms with Gasteiger partial charge in [0.25, 0.3) is 0 Å². The van der Waals surface area contributed by atoms with E-state index in [2.05, 4.69) is 5.32 Å². The van der Waals surface area contributed by atoms with Crippen LogP contribution in [-0.2, 0) is 26.0 Å². The maximum Gasteiger partial charge on any atom is 0.326 e. The number of carboxylic acids is 1. The SMILES string of the molecule is COc1cccc(OC)c1-c1ccc(C[C@H](NC(=O)[C@H]2CCCN2S(=O)(=O)c2ccccc2)C(=O)O)cc1. The molecule has 1 saturated heterocycles. The number of carbonyl (C=O) groups excluding carboxylic acids is 1. The molecule has 0 spiro atoms. The first-order chi connectivity index (χ1) is 18.3. The predicted octanol–water partition coefficient (Wildman–Crippen LogP) is 3.34. The summed E-state index contributed by atoms with van der Waals surface area (Å²) < 4.78 is 38.3. The fraction of sp³-hybridized carbons (Fsp3) is 0.286. The van der Waals surface area contributed by atoms with Gasteiger partial charge in [-0.1, -0.05) is 48.5 Å². The number of nitrogens with one attached hydrogen (secondary N) is 1. The van der Waals surface area contributed by atoms with Crippen LogP contribution in [0.2, 0.25) is 0 Å². The number of aliphatic carboxylic acids is 1. The summed E-state index contributed by atoms with van der Waals surface area (Å²) in [4.78, 5) is 25.2. The molecular weight excluding hydrogens is 508 g/mol. The summed E-state index contributed by atoms with van der Waals surface area (Å²) in [6.07, 6.45) is 0.859. The summed E-state index contributed by atoms with van der Waals surface area (Å²) in [6.45, 7) is 0.195. The van der Waals surface area contributed by atoms with Gasteiger partial charge >= 0.3 is 5.97 Å². The molecule has 1 heterocycles. The molecule has 2 N–H and O–H groups in total. The number of rotatable bonds is 10. The lowest BCUT2D eigenvalue weighted by Crippen LogP contribution is -2.51. The van der Waals surface area contributed by atoms with Gasteiger partial charge in [0.2, 0.25) is 15.9 Å². The Morgan fingerprint density at radius 3 is 2.18 bits per heavy atom. The Bertz CT molecular complexity index is 1370. The largest absolute Gasteiger partial charge is 0.496 e. The quantitative estimate of drug-likeness (QED) is 0.406. The molecule has 3 aromatic rings. The fourth-order valence-corrected chi connectivity index (χ4v) is 6.34. The van der Waals surface area contributed by atoms with Crippen molar-refractivity contribution in [1.29, 1.82) is 0 Å². The number of hydrogen-bond donors (Lipinski definition) is 2. The molecular formula is C28H30N2O7S. The first-order valence-corrected chi connectivity index (χ1v) is 13.6. The molecule has 1 aliphatic rings. The molecule has 0 radical (unpaired) electrons. The Morgan fingerprint density at radius 2 is 1.61 bits per heavy atom. The van der Waals surface area contributed by atoms with E-state index in [1.54, 1.807) is 44.6 Å². The summed E-state index contributed by atoms with van der Waals surface area (Å²) in [6, 6.07) is 18.4. The Labute approximate surface area is 222 Å². The lowest BCUT2D eigenvalue weighted by molar-refractivity contribution is -0.142. The number of methoxy groups -OCH3 is 2. The molecule has 0 aromatic heterocycles. The van der Waals surface area contributed by atoms with Gasteiger partial charge in [0, 0.05) is 13.0 Å². The molecule has 1 fully saturated rings. The molecule has 3 aromatic carbocycles. The van der Waals surface area contributed by atoms with Crippen molar-refractivity contribution in [1.82, 2.24) is 9.62 Å². The van der Waals surface area contributed by atoms with Crippen molar-refractivity contribution in [3.8, 4) is 22.6 Å². The van der Waals surface area contributed by atoms with Crippen molar-refractivity contribution >= 4 is 21.9 Å². The second kappa shape index (κ2) is 11.7. The first-order valence-electron chi connectivity index (χ1n) is 12.2. The third kappa shape index (κ3) is 5.66. The molecule has 9 nitrogen and oxygen atoms in total. The monoisotopic (exact) mass is 538 g/mol. The number of carboxylic acid groups (broad SMARTS) is 1. The van der Waals surface area contributed by atoms with Crippen LogP contribution in [0.1, 0.15) is 18.4 Å². The highest BCUT2D eigenvalue weighted by atomic mass is 32.2. The molecule has 0 bridgehead atoms. The lowest BCUT2D eigenvalue weighted by atomic mass is 9.99. The van der Waals surface area contributed by atoms with E-state index in [1.807, 2.05) is 30.3 Å². The Balaban J connectivity index is 1.49. The normalized spacial score (nSPS) is 16.5. The molecule has 200 valence electrons. The average Bonchev–Trinajstić information content (AvgIpc) is 3.44. The Morgan fingerprint density at radius 1 is 0.974 bits per heavy atom. The van der Waals surface area contributed by atoms with Gasteiger partial charge in [-0.2, -0.15) is 4.31 Å². The number of nitrogens with zero attached hydrogens (tertiary/aromatic N) is 1. The van der Waals surface area contributed by atoms with E-state index in [4.69, 9.17) is 9.47 Å². The van der Waals surface area contributed by atoms with Gasteiger partial charge in [-0.15, -0.1) is 0 Å². The van der Waals surface area contributed by atoms with Crippen LogP contribution >= 0.6 is 0 Å². The van der Waals surface area contributed by atoms with Gasteiger partial charge in [-0.05, 0) is 48.2 Å². The van der Waals surface area contributed by atoms with Crippen molar-refractivity contribution in [2.75, 3.05) is 20.8 Å². The second-order valence-electron chi connectivity index (χ2n) is 8.92. The lowest BCUT2D eigenvalue weighted by Gasteiger charge is -2.25. The number of sulfonamides is 1. The Hall–Kier alpha value is -3.89. The maximum absolute atomic E-state index is 13.1. The van der Waals surface area contributed by atoms with Gasteiger partial charge in [0.1, 0.15) is 23.6 Å². The first kappa shape index (κ1) is 27.2. The van der Waals surface area contributed by atoms with Gasteiger partial charge in [0.05, 0.1) is 24.7 Å². The number of amides is 1. The van der Waals surface area contributed by atoms with Crippen molar-refractivity contribution in [3.05, 3.63) is 78.4 Å².